The van der Waals surface area contributed by atoms with Crippen molar-refractivity contribution in [2.75, 3.05) is 5.73 Å². The molecule has 2 aromatic rings. The van der Waals surface area contributed by atoms with Crippen LogP contribution in [0.4, 0.5) is 5.69 Å². The fourth-order valence-electron chi connectivity index (χ4n) is 1.24. The molecule has 2 aromatic heterocycles. The van der Waals surface area contributed by atoms with Crippen molar-refractivity contribution in [2.45, 2.75) is 0 Å². The highest BCUT2D eigenvalue weighted by atomic mass is 35.5. The second-order valence-corrected chi connectivity index (χ2v) is 3.68. The third-order valence-corrected chi connectivity index (χ3v) is 2.46. The van der Waals surface area contributed by atoms with Crippen LogP contribution in [-0.2, 0) is 0 Å². The average molecular weight is 240 g/mol. The fraction of sp³-hybridized carbons (Fsp3) is 0. The zero-order valence-electron chi connectivity index (χ0n) is 7.61. The molecule has 0 aromatic carbocycles. The molecule has 0 radical (unpaired) electrons. The predicted octanol–water partition coefficient (Wildman–Crippen LogP) is 3.03. The van der Waals surface area contributed by atoms with E-state index in [-0.39, 0.29) is 0 Å². The van der Waals surface area contributed by atoms with Gasteiger partial charge >= 0.3 is 0 Å². The van der Waals surface area contributed by atoms with Crippen molar-refractivity contribution >= 4 is 28.9 Å². The molecule has 0 atom stereocenters. The molecule has 2 N–H and O–H groups in total. The highest BCUT2D eigenvalue weighted by Crippen LogP contribution is 2.30. The number of aromatic nitrogens is 2. The molecule has 5 heteroatoms. The van der Waals surface area contributed by atoms with Gasteiger partial charge in [-0.15, -0.1) is 0 Å². The van der Waals surface area contributed by atoms with Crippen molar-refractivity contribution in [3.05, 3.63) is 40.9 Å². The topological polar surface area (TPSA) is 51.8 Å². The average Bonchev–Trinajstić information content (AvgIpc) is 2.20. The van der Waals surface area contributed by atoms with Gasteiger partial charge in [-0.2, -0.15) is 0 Å². The molecule has 2 rings (SSSR count). The van der Waals surface area contributed by atoms with Crippen LogP contribution >= 0.6 is 23.2 Å². The Hall–Kier alpha value is -1.32. The van der Waals surface area contributed by atoms with E-state index >= 15 is 0 Å². The maximum absolute atomic E-state index is 5.96. The number of nitrogen functional groups attached to an aromatic ring is 1. The Labute approximate surface area is 96.9 Å². The van der Waals surface area contributed by atoms with Gasteiger partial charge in [-0.05, 0) is 18.2 Å². The number of anilines is 1. The molecule has 0 aliphatic rings. The van der Waals surface area contributed by atoms with Crippen LogP contribution in [0.2, 0.25) is 10.3 Å². The van der Waals surface area contributed by atoms with E-state index in [4.69, 9.17) is 28.9 Å². The standard InChI is InChI=1S/C10H7Cl2N3/c11-9-2-1-6(10(12)15-9)7-5-14-4-3-8(7)13/h1-5H,(H2,13,14). The maximum atomic E-state index is 5.96. The molecule has 0 unspecified atom stereocenters. The minimum absolute atomic E-state index is 0.321. The molecule has 76 valence electrons. The van der Waals surface area contributed by atoms with Gasteiger partial charge in [0.2, 0.25) is 0 Å². The van der Waals surface area contributed by atoms with E-state index in [2.05, 4.69) is 9.97 Å². The van der Waals surface area contributed by atoms with Gasteiger partial charge in [0.05, 0.1) is 0 Å². The summed E-state index contributed by atoms with van der Waals surface area (Å²) in [7, 11) is 0. The van der Waals surface area contributed by atoms with Crippen LogP contribution in [-0.4, -0.2) is 9.97 Å². The molecule has 0 amide bonds. The summed E-state index contributed by atoms with van der Waals surface area (Å²) in [5.41, 5.74) is 7.89. The van der Waals surface area contributed by atoms with Gasteiger partial charge in [0.25, 0.3) is 0 Å². The number of hydrogen-bond acceptors (Lipinski definition) is 3. The predicted molar refractivity (Wildman–Crippen MR) is 61.9 cm³/mol. The van der Waals surface area contributed by atoms with E-state index in [1.807, 2.05) is 0 Å². The van der Waals surface area contributed by atoms with Gasteiger partial charge in [0, 0.05) is 29.2 Å². The van der Waals surface area contributed by atoms with E-state index < -0.39 is 0 Å². The second-order valence-electron chi connectivity index (χ2n) is 2.94. The van der Waals surface area contributed by atoms with E-state index in [9.17, 15) is 0 Å². The Balaban J connectivity index is 2.60. The fourth-order valence-corrected chi connectivity index (χ4v) is 1.69. The summed E-state index contributed by atoms with van der Waals surface area (Å²) in [6, 6.07) is 5.14. The quantitative estimate of drug-likeness (QED) is 0.779. The molecule has 0 fully saturated rings. The van der Waals surface area contributed by atoms with Crippen LogP contribution in [0, 0.1) is 0 Å². The summed E-state index contributed by atoms with van der Waals surface area (Å²) in [4.78, 5) is 7.92. The molecule has 0 saturated carbocycles. The smallest absolute Gasteiger partial charge is 0.138 e. The summed E-state index contributed by atoms with van der Waals surface area (Å²) in [6.45, 7) is 0. The summed E-state index contributed by atoms with van der Waals surface area (Å²) in [5.74, 6) is 0. The minimum atomic E-state index is 0.321. The molecule has 3 nitrogen and oxygen atoms in total. The molecule has 0 spiro atoms. The van der Waals surface area contributed by atoms with E-state index in [1.165, 1.54) is 0 Å². The number of pyridine rings is 2. The number of nitrogens with zero attached hydrogens (tertiary/aromatic N) is 2. The highest BCUT2D eigenvalue weighted by Gasteiger charge is 2.08. The molecule has 15 heavy (non-hydrogen) atoms. The summed E-state index contributed by atoms with van der Waals surface area (Å²) in [6.07, 6.45) is 3.27. The molecule has 2 heterocycles. The second kappa shape index (κ2) is 4.04. The zero-order valence-corrected chi connectivity index (χ0v) is 9.13. The van der Waals surface area contributed by atoms with Gasteiger partial charge in [-0.25, -0.2) is 4.98 Å². The Morgan fingerprint density at radius 1 is 1.07 bits per heavy atom. The lowest BCUT2D eigenvalue weighted by atomic mass is 10.1. The largest absolute Gasteiger partial charge is 0.398 e. The van der Waals surface area contributed by atoms with Gasteiger partial charge < -0.3 is 5.73 Å². The van der Waals surface area contributed by atoms with Crippen LogP contribution in [0.3, 0.4) is 0 Å². The third-order valence-electron chi connectivity index (χ3n) is 1.96. The summed E-state index contributed by atoms with van der Waals surface area (Å²) < 4.78 is 0. The van der Waals surface area contributed by atoms with Crippen LogP contribution in [0.15, 0.2) is 30.6 Å². The third kappa shape index (κ3) is 2.03. The Morgan fingerprint density at radius 3 is 2.53 bits per heavy atom. The Kier molecular flexibility index (Phi) is 2.75. The van der Waals surface area contributed by atoms with Crippen molar-refractivity contribution < 1.29 is 0 Å². The summed E-state index contributed by atoms with van der Waals surface area (Å²) in [5, 5.41) is 0.674. The maximum Gasteiger partial charge on any atom is 0.138 e. The van der Waals surface area contributed by atoms with Gasteiger partial charge in [0.15, 0.2) is 0 Å². The Morgan fingerprint density at radius 2 is 1.87 bits per heavy atom. The molecule has 0 aliphatic carbocycles. The summed E-state index contributed by atoms with van der Waals surface area (Å²) >= 11 is 11.7. The molecule has 0 bridgehead atoms. The highest BCUT2D eigenvalue weighted by molar-refractivity contribution is 6.34. The number of halogens is 2. The van der Waals surface area contributed by atoms with Crippen LogP contribution in [0.25, 0.3) is 11.1 Å². The molecule has 0 saturated heterocycles. The minimum Gasteiger partial charge on any atom is -0.398 e. The van der Waals surface area contributed by atoms with Crippen molar-refractivity contribution in [1.82, 2.24) is 9.97 Å². The molecular weight excluding hydrogens is 233 g/mol. The van der Waals surface area contributed by atoms with E-state index in [1.54, 1.807) is 30.6 Å². The lowest BCUT2D eigenvalue weighted by molar-refractivity contribution is 1.30. The molecular formula is C10H7Cl2N3. The van der Waals surface area contributed by atoms with Gasteiger partial charge in [-0.1, -0.05) is 23.2 Å². The number of hydrogen-bond donors (Lipinski definition) is 1. The first kappa shape index (κ1) is 10.2. The normalized spacial score (nSPS) is 10.3. The molecule has 0 aliphatic heterocycles. The SMILES string of the molecule is Nc1ccncc1-c1ccc(Cl)nc1Cl. The van der Waals surface area contributed by atoms with Gasteiger partial charge in [-0.3, -0.25) is 4.98 Å². The van der Waals surface area contributed by atoms with Gasteiger partial charge in [0.1, 0.15) is 10.3 Å². The monoisotopic (exact) mass is 239 g/mol. The van der Waals surface area contributed by atoms with Crippen molar-refractivity contribution in [3.63, 3.8) is 0 Å². The lowest BCUT2D eigenvalue weighted by Gasteiger charge is -2.06. The van der Waals surface area contributed by atoms with Crippen molar-refractivity contribution in [3.8, 4) is 11.1 Å². The first-order valence-corrected chi connectivity index (χ1v) is 4.96. The first-order chi connectivity index (χ1) is 7.18. The van der Waals surface area contributed by atoms with Crippen molar-refractivity contribution in [2.24, 2.45) is 0 Å². The number of rotatable bonds is 1. The van der Waals surface area contributed by atoms with E-state index in [0.717, 1.165) is 11.1 Å². The lowest BCUT2D eigenvalue weighted by Crippen LogP contribution is -1.92. The van der Waals surface area contributed by atoms with Crippen LogP contribution in [0.5, 0.6) is 0 Å². The first-order valence-electron chi connectivity index (χ1n) is 4.20. The Bertz CT molecular complexity index is 500. The van der Waals surface area contributed by atoms with Crippen LogP contribution < -0.4 is 5.73 Å². The van der Waals surface area contributed by atoms with Crippen molar-refractivity contribution in [1.29, 1.82) is 0 Å². The zero-order chi connectivity index (χ0) is 10.8. The van der Waals surface area contributed by atoms with E-state index in [0.29, 0.717) is 16.0 Å². The van der Waals surface area contributed by atoms with Crippen LogP contribution in [0.1, 0.15) is 0 Å². The number of nitrogens with two attached hydrogens (primary N) is 1.